The first kappa shape index (κ1) is 13.9. The number of ether oxygens (including phenoxy) is 1. The maximum Gasteiger partial charge on any atom is 0.336 e. The number of aromatic carboxylic acids is 1. The minimum Gasteiger partial charge on any atom is -0.491 e. The van der Waals surface area contributed by atoms with E-state index in [0.717, 1.165) is 0 Å². The molecule has 0 aliphatic heterocycles. The van der Waals surface area contributed by atoms with E-state index in [1.54, 1.807) is 37.4 Å². The van der Waals surface area contributed by atoms with E-state index in [9.17, 15) is 9.59 Å². The smallest absolute Gasteiger partial charge is 0.336 e. The topological polar surface area (TPSA) is 68.5 Å². The number of rotatable bonds is 5. The van der Waals surface area contributed by atoms with Crippen LogP contribution in [0.1, 0.15) is 15.9 Å². The third-order valence-electron chi connectivity index (χ3n) is 3.00. The first-order chi connectivity index (χ1) is 9.59. The van der Waals surface area contributed by atoms with Crippen molar-refractivity contribution in [3.8, 4) is 5.75 Å². The first-order valence-corrected chi connectivity index (χ1v) is 6.21. The Hall–Kier alpha value is -2.56. The Morgan fingerprint density at radius 1 is 1.25 bits per heavy atom. The molecule has 5 nitrogen and oxygen atoms in total. The average Bonchev–Trinajstić information content (AvgIpc) is 2.42. The number of carbonyl (C=O) groups is 1. The number of aromatic nitrogens is 1. The Morgan fingerprint density at radius 2 is 2.05 bits per heavy atom. The van der Waals surface area contributed by atoms with Gasteiger partial charge >= 0.3 is 5.97 Å². The molecule has 0 atom stereocenters. The lowest BCUT2D eigenvalue weighted by Gasteiger charge is -2.11. The van der Waals surface area contributed by atoms with Crippen LogP contribution in [0.5, 0.6) is 5.75 Å². The highest BCUT2D eigenvalue weighted by atomic mass is 16.5. The predicted molar refractivity (Wildman–Crippen MR) is 74.3 cm³/mol. The molecule has 0 aliphatic rings. The maximum absolute atomic E-state index is 11.5. The summed E-state index contributed by atoms with van der Waals surface area (Å²) in [6.07, 6.45) is 1.69. The van der Waals surface area contributed by atoms with Crippen molar-refractivity contribution in [2.24, 2.45) is 0 Å². The molecule has 0 saturated carbocycles. The normalized spacial score (nSPS) is 10.2. The van der Waals surface area contributed by atoms with Crippen LogP contribution in [0.25, 0.3) is 0 Å². The summed E-state index contributed by atoms with van der Waals surface area (Å²) in [4.78, 5) is 22.5. The number of hydrogen-bond acceptors (Lipinski definition) is 3. The predicted octanol–water partition coefficient (Wildman–Crippen LogP) is 1.93. The Morgan fingerprint density at radius 3 is 2.75 bits per heavy atom. The van der Waals surface area contributed by atoms with Crippen molar-refractivity contribution in [1.29, 1.82) is 0 Å². The molecule has 2 rings (SSSR count). The van der Waals surface area contributed by atoms with E-state index in [4.69, 9.17) is 9.84 Å². The summed E-state index contributed by atoms with van der Waals surface area (Å²) < 4.78 is 7.10. The molecule has 0 saturated heterocycles. The van der Waals surface area contributed by atoms with Crippen LogP contribution in [0.2, 0.25) is 0 Å². The number of carboxylic acids is 1. The lowest BCUT2D eigenvalue weighted by atomic mass is 10.1. The molecule has 0 amide bonds. The van der Waals surface area contributed by atoms with E-state index in [-0.39, 0.29) is 11.1 Å². The van der Waals surface area contributed by atoms with Gasteiger partial charge in [0, 0.05) is 17.8 Å². The Labute approximate surface area is 116 Å². The second-order valence-electron chi connectivity index (χ2n) is 4.31. The second kappa shape index (κ2) is 6.06. The van der Waals surface area contributed by atoms with Gasteiger partial charge in [0.05, 0.1) is 12.1 Å². The lowest BCUT2D eigenvalue weighted by Crippen LogP contribution is -2.21. The van der Waals surface area contributed by atoms with Gasteiger partial charge in [0.1, 0.15) is 12.4 Å². The van der Waals surface area contributed by atoms with Crippen LogP contribution in [-0.4, -0.2) is 22.2 Å². The largest absolute Gasteiger partial charge is 0.491 e. The van der Waals surface area contributed by atoms with Gasteiger partial charge in [-0.1, -0.05) is 12.1 Å². The van der Waals surface area contributed by atoms with E-state index in [1.165, 1.54) is 16.7 Å². The summed E-state index contributed by atoms with van der Waals surface area (Å²) in [6, 6.07) is 9.83. The van der Waals surface area contributed by atoms with Gasteiger partial charge in [-0.25, -0.2) is 4.79 Å². The van der Waals surface area contributed by atoms with Gasteiger partial charge in [0.2, 0.25) is 0 Å². The number of hydrogen-bond donors (Lipinski definition) is 1. The van der Waals surface area contributed by atoms with Crippen LogP contribution in [-0.2, 0) is 6.54 Å². The number of nitrogens with zero attached hydrogens (tertiary/aromatic N) is 1. The van der Waals surface area contributed by atoms with Gasteiger partial charge < -0.3 is 14.4 Å². The van der Waals surface area contributed by atoms with E-state index >= 15 is 0 Å². The third-order valence-corrected chi connectivity index (χ3v) is 3.00. The molecule has 5 heteroatoms. The minimum atomic E-state index is -0.979. The fraction of sp³-hybridized carbons (Fsp3) is 0.200. The van der Waals surface area contributed by atoms with Crippen molar-refractivity contribution < 1.29 is 14.6 Å². The quantitative estimate of drug-likeness (QED) is 0.903. The van der Waals surface area contributed by atoms with Crippen molar-refractivity contribution >= 4 is 5.97 Å². The molecular formula is C15H15NO4. The SMILES string of the molecule is Cc1c(OCCn2ccccc2=O)cccc1C(=O)O. The molecule has 1 aromatic heterocycles. The van der Waals surface area contributed by atoms with Crippen molar-refractivity contribution in [3.05, 3.63) is 64.1 Å². The summed E-state index contributed by atoms with van der Waals surface area (Å²) >= 11 is 0. The van der Waals surface area contributed by atoms with Crippen molar-refractivity contribution in [2.75, 3.05) is 6.61 Å². The molecule has 1 N–H and O–H groups in total. The molecule has 0 radical (unpaired) electrons. The van der Waals surface area contributed by atoms with Gasteiger partial charge in [0.25, 0.3) is 5.56 Å². The molecule has 0 aliphatic carbocycles. The molecule has 1 heterocycles. The Bertz CT molecular complexity index is 676. The summed E-state index contributed by atoms with van der Waals surface area (Å²) in [5.41, 5.74) is 0.715. The van der Waals surface area contributed by atoms with E-state index in [2.05, 4.69) is 0 Å². The van der Waals surface area contributed by atoms with Crippen molar-refractivity contribution in [2.45, 2.75) is 13.5 Å². The van der Waals surface area contributed by atoms with E-state index in [1.807, 2.05) is 0 Å². The Kier molecular flexibility index (Phi) is 4.20. The van der Waals surface area contributed by atoms with Crippen molar-refractivity contribution in [3.63, 3.8) is 0 Å². The summed E-state index contributed by atoms with van der Waals surface area (Å²) in [6.45, 7) is 2.41. The molecule has 20 heavy (non-hydrogen) atoms. The highest BCUT2D eigenvalue weighted by Crippen LogP contribution is 2.21. The highest BCUT2D eigenvalue weighted by molar-refractivity contribution is 5.90. The third kappa shape index (κ3) is 3.06. The molecular weight excluding hydrogens is 258 g/mol. The fourth-order valence-electron chi connectivity index (χ4n) is 1.90. The highest BCUT2D eigenvalue weighted by Gasteiger charge is 2.10. The molecule has 104 valence electrons. The molecule has 1 aromatic carbocycles. The summed E-state index contributed by atoms with van der Waals surface area (Å²) in [5.74, 6) is -0.457. The van der Waals surface area contributed by atoms with Gasteiger partial charge in [-0.2, -0.15) is 0 Å². The lowest BCUT2D eigenvalue weighted by molar-refractivity contribution is 0.0695. The van der Waals surface area contributed by atoms with Crippen LogP contribution < -0.4 is 10.3 Å². The van der Waals surface area contributed by atoms with Crippen LogP contribution in [0.3, 0.4) is 0 Å². The van der Waals surface area contributed by atoms with Crippen LogP contribution >= 0.6 is 0 Å². The van der Waals surface area contributed by atoms with Crippen molar-refractivity contribution in [1.82, 2.24) is 4.57 Å². The maximum atomic E-state index is 11.5. The fourth-order valence-corrected chi connectivity index (χ4v) is 1.90. The molecule has 0 spiro atoms. The number of benzene rings is 1. The minimum absolute atomic E-state index is 0.0906. The number of carboxylic acid groups (broad SMARTS) is 1. The van der Waals surface area contributed by atoms with Crippen LogP contribution in [0.4, 0.5) is 0 Å². The average molecular weight is 273 g/mol. The van der Waals surface area contributed by atoms with Crippen LogP contribution in [0, 0.1) is 6.92 Å². The zero-order valence-electron chi connectivity index (χ0n) is 11.1. The second-order valence-corrected chi connectivity index (χ2v) is 4.31. The summed E-state index contributed by atoms with van der Waals surface area (Å²) in [7, 11) is 0. The van der Waals surface area contributed by atoms with Gasteiger partial charge in [-0.3, -0.25) is 4.79 Å². The van der Waals surface area contributed by atoms with Gasteiger partial charge in [-0.15, -0.1) is 0 Å². The standard InChI is InChI=1S/C15H15NO4/c1-11-12(15(18)19)5-4-6-13(11)20-10-9-16-8-3-2-7-14(16)17/h2-8H,9-10H2,1H3,(H,18,19). The zero-order valence-corrected chi connectivity index (χ0v) is 11.1. The van der Waals surface area contributed by atoms with E-state index in [0.29, 0.717) is 24.5 Å². The van der Waals surface area contributed by atoms with Gasteiger partial charge in [0.15, 0.2) is 0 Å². The zero-order chi connectivity index (χ0) is 14.5. The first-order valence-electron chi connectivity index (χ1n) is 6.21. The van der Waals surface area contributed by atoms with Gasteiger partial charge in [-0.05, 0) is 25.1 Å². The summed E-state index contributed by atoms with van der Waals surface area (Å²) in [5, 5.41) is 9.03. The van der Waals surface area contributed by atoms with Crippen LogP contribution in [0.15, 0.2) is 47.4 Å². The molecule has 0 bridgehead atoms. The number of pyridine rings is 1. The molecule has 0 unspecified atom stereocenters. The van der Waals surface area contributed by atoms with E-state index < -0.39 is 5.97 Å². The monoisotopic (exact) mass is 273 g/mol. The molecule has 0 fully saturated rings. The molecule has 2 aromatic rings. The Balaban J connectivity index is 2.05.